The molecule has 2 aliphatic heterocycles. The molecule has 1 fully saturated rings. The molecule has 0 bridgehead atoms. The van der Waals surface area contributed by atoms with E-state index in [9.17, 15) is 9.59 Å². The number of fused-ring (bicyclic) bond motifs is 2. The molecule has 180 valence electrons. The molecule has 0 spiro atoms. The number of nitrogens with one attached hydrogen (secondary N) is 1. The van der Waals surface area contributed by atoms with Crippen molar-refractivity contribution in [2.45, 2.75) is 13.1 Å². The lowest BCUT2D eigenvalue weighted by atomic mass is 10.2. The van der Waals surface area contributed by atoms with E-state index in [1.165, 1.54) is 9.30 Å². The Morgan fingerprint density at radius 3 is 2.86 bits per heavy atom. The van der Waals surface area contributed by atoms with E-state index in [4.69, 9.17) is 26.1 Å². The molecule has 0 aliphatic carbocycles. The third kappa shape index (κ3) is 4.12. The highest BCUT2D eigenvalue weighted by Crippen LogP contribution is 2.36. The van der Waals surface area contributed by atoms with Crippen molar-refractivity contribution in [1.82, 2.24) is 14.3 Å². The molecule has 11 heteroatoms. The molecule has 0 radical (unpaired) electrons. The Morgan fingerprint density at radius 2 is 2.00 bits per heavy atom. The molecule has 1 amide bonds. The average Bonchev–Trinajstić information content (AvgIpc) is 3.63. The third-order valence-corrected chi connectivity index (χ3v) is 7.08. The van der Waals surface area contributed by atoms with E-state index in [2.05, 4.69) is 10.3 Å². The van der Waals surface area contributed by atoms with Crippen molar-refractivity contribution in [2.24, 2.45) is 0 Å². The number of hydrogen-bond donors (Lipinski definition) is 1. The Morgan fingerprint density at radius 1 is 1.11 bits per heavy atom. The van der Waals surface area contributed by atoms with Crippen LogP contribution >= 0.6 is 24.0 Å². The first kappa shape index (κ1) is 22.4. The van der Waals surface area contributed by atoms with Gasteiger partial charge in [-0.3, -0.25) is 18.9 Å². The first-order chi connectivity index (χ1) is 17.6. The van der Waals surface area contributed by atoms with Gasteiger partial charge in [-0.2, -0.15) is 0 Å². The summed E-state index contributed by atoms with van der Waals surface area (Å²) in [4.78, 5) is 33.2. The minimum Gasteiger partial charge on any atom is -0.467 e. The van der Waals surface area contributed by atoms with E-state index in [1.54, 1.807) is 42.8 Å². The zero-order valence-electron chi connectivity index (χ0n) is 18.7. The Balaban J connectivity index is 1.33. The highest BCUT2D eigenvalue weighted by Gasteiger charge is 2.33. The largest absolute Gasteiger partial charge is 0.467 e. The van der Waals surface area contributed by atoms with E-state index in [1.807, 2.05) is 24.3 Å². The number of carbonyl (C=O) groups is 1. The van der Waals surface area contributed by atoms with Crippen LogP contribution < -0.4 is 20.3 Å². The highest BCUT2D eigenvalue weighted by atomic mass is 32.2. The van der Waals surface area contributed by atoms with Crippen molar-refractivity contribution in [3.63, 3.8) is 0 Å². The van der Waals surface area contributed by atoms with Gasteiger partial charge in [0.2, 0.25) is 6.79 Å². The monoisotopic (exact) mass is 518 g/mol. The van der Waals surface area contributed by atoms with Gasteiger partial charge < -0.3 is 19.2 Å². The van der Waals surface area contributed by atoms with E-state index < -0.39 is 0 Å². The SMILES string of the molecule is O=C1/C(=C\c2c(NCc3ccco3)nc3ccccn3c2=O)SC(=S)N1Cc1ccc2c(c1)OCO2. The molecule has 9 nitrogen and oxygen atoms in total. The summed E-state index contributed by atoms with van der Waals surface area (Å²) in [5.41, 5.74) is 1.29. The molecule has 1 N–H and O–H groups in total. The fourth-order valence-corrected chi connectivity index (χ4v) is 5.18. The maximum Gasteiger partial charge on any atom is 0.267 e. The molecular weight excluding hydrogens is 500 g/mol. The molecule has 1 saturated heterocycles. The van der Waals surface area contributed by atoms with Crippen molar-refractivity contribution in [3.8, 4) is 11.5 Å². The van der Waals surface area contributed by atoms with Crippen LogP contribution in [0.25, 0.3) is 11.7 Å². The standard InChI is InChI=1S/C25H18N4O5S2/c30-23-17(22(26-12-16-4-3-9-32-16)27-21-5-1-2-8-28(21)23)11-20-24(31)29(25(35)36-20)13-15-6-7-18-19(10-15)34-14-33-18/h1-11,26H,12-14H2/b20-11+. The minimum atomic E-state index is -0.302. The number of thiocarbonyl (C=S) groups is 1. The molecule has 0 saturated carbocycles. The van der Waals surface area contributed by atoms with Gasteiger partial charge in [0.15, 0.2) is 11.5 Å². The molecule has 1 aromatic carbocycles. The van der Waals surface area contributed by atoms with Crippen LogP contribution in [0.15, 0.2) is 75.1 Å². The summed E-state index contributed by atoms with van der Waals surface area (Å²) in [6, 6.07) is 14.4. The maximum atomic E-state index is 13.4. The Kier molecular flexibility index (Phi) is 5.70. The van der Waals surface area contributed by atoms with Gasteiger partial charge in [0, 0.05) is 6.20 Å². The molecule has 2 aliphatic rings. The average molecular weight is 519 g/mol. The third-order valence-electron chi connectivity index (χ3n) is 5.71. The second-order valence-electron chi connectivity index (χ2n) is 8.00. The van der Waals surface area contributed by atoms with E-state index in [0.717, 1.165) is 17.3 Å². The summed E-state index contributed by atoms with van der Waals surface area (Å²) >= 11 is 6.65. The number of thioether (sulfide) groups is 1. The predicted molar refractivity (Wildman–Crippen MR) is 139 cm³/mol. The second kappa shape index (κ2) is 9.17. The van der Waals surface area contributed by atoms with Gasteiger partial charge in [0.1, 0.15) is 21.5 Å². The molecule has 6 rings (SSSR count). The summed E-state index contributed by atoms with van der Waals surface area (Å²) in [5.74, 6) is 2.06. The minimum absolute atomic E-state index is 0.175. The summed E-state index contributed by atoms with van der Waals surface area (Å²) in [6.07, 6.45) is 4.77. The summed E-state index contributed by atoms with van der Waals surface area (Å²) in [6.45, 7) is 0.778. The summed E-state index contributed by atoms with van der Waals surface area (Å²) in [5, 5.41) is 3.17. The Bertz CT molecular complexity index is 1600. The zero-order valence-corrected chi connectivity index (χ0v) is 20.3. The molecule has 36 heavy (non-hydrogen) atoms. The molecule has 4 aromatic rings. The van der Waals surface area contributed by atoms with Crippen LogP contribution in [0.3, 0.4) is 0 Å². The smallest absolute Gasteiger partial charge is 0.267 e. The fourth-order valence-electron chi connectivity index (χ4n) is 3.94. The maximum absolute atomic E-state index is 13.4. The number of furan rings is 1. The number of anilines is 1. The highest BCUT2D eigenvalue weighted by molar-refractivity contribution is 8.26. The predicted octanol–water partition coefficient (Wildman–Crippen LogP) is 4.03. The van der Waals surface area contributed by atoms with Crippen LogP contribution in [0, 0.1) is 0 Å². The van der Waals surface area contributed by atoms with Crippen LogP contribution in [0.4, 0.5) is 5.82 Å². The number of hydrogen-bond acceptors (Lipinski definition) is 9. The van der Waals surface area contributed by atoms with Crippen molar-refractivity contribution in [2.75, 3.05) is 12.1 Å². The lowest BCUT2D eigenvalue weighted by Crippen LogP contribution is -2.27. The van der Waals surface area contributed by atoms with Gasteiger partial charge in [0.05, 0.1) is 29.8 Å². The first-order valence-electron chi connectivity index (χ1n) is 11.0. The molecule has 0 atom stereocenters. The van der Waals surface area contributed by atoms with E-state index in [0.29, 0.717) is 44.5 Å². The van der Waals surface area contributed by atoms with Gasteiger partial charge in [-0.25, -0.2) is 4.98 Å². The molecule has 3 aromatic heterocycles. The second-order valence-corrected chi connectivity index (χ2v) is 9.67. The summed E-state index contributed by atoms with van der Waals surface area (Å²) < 4.78 is 18.0. The zero-order chi connectivity index (χ0) is 24.6. The normalized spacial score (nSPS) is 15.9. The van der Waals surface area contributed by atoms with Crippen molar-refractivity contribution in [1.29, 1.82) is 0 Å². The lowest BCUT2D eigenvalue weighted by Gasteiger charge is -2.14. The van der Waals surface area contributed by atoms with Crippen molar-refractivity contribution in [3.05, 3.63) is 93.1 Å². The Labute approximate surface area is 214 Å². The number of ether oxygens (including phenoxy) is 2. The number of nitrogens with zero attached hydrogens (tertiary/aromatic N) is 3. The number of carbonyl (C=O) groups excluding carboxylic acids is 1. The quantitative estimate of drug-likeness (QED) is 0.300. The van der Waals surface area contributed by atoms with Crippen LogP contribution in [0.2, 0.25) is 0 Å². The first-order valence-corrected chi connectivity index (χ1v) is 12.2. The number of amides is 1. The van der Waals surface area contributed by atoms with E-state index >= 15 is 0 Å². The van der Waals surface area contributed by atoms with Gasteiger partial charge in [-0.1, -0.05) is 36.1 Å². The van der Waals surface area contributed by atoms with Crippen LogP contribution in [0.1, 0.15) is 16.9 Å². The summed E-state index contributed by atoms with van der Waals surface area (Å²) in [7, 11) is 0. The van der Waals surface area contributed by atoms with Gasteiger partial charge in [-0.15, -0.1) is 0 Å². The fraction of sp³-hybridized carbons (Fsp3) is 0.120. The van der Waals surface area contributed by atoms with Crippen molar-refractivity contribution >= 4 is 51.7 Å². The van der Waals surface area contributed by atoms with Crippen LogP contribution in [-0.2, 0) is 17.9 Å². The molecular formula is C25H18N4O5S2. The van der Waals surface area contributed by atoms with Crippen LogP contribution in [-0.4, -0.2) is 31.3 Å². The number of benzene rings is 1. The van der Waals surface area contributed by atoms with Gasteiger partial charge >= 0.3 is 0 Å². The van der Waals surface area contributed by atoms with Gasteiger partial charge in [0.25, 0.3) is 11.5 Å². The number of rotatable bonds is 6. The topological polar surface area (TPSA) is 98.3 Å². The number of aromatic nitrogens is 2. The lowest BCUT2D eigenvalue weighted by molar-refractivity contribution is -0.122. The van der Waals surface area contributed by atoms with Crippen LogP contribution in [0.5, 0.6) is 11.5 Å². The Hall–Kier alpha value is -4.09. The molecule has 5 heterocycles. The van der Waals surface area contributed by atoms with Gasteiger partial charge in [-0.05, 0) is 48.0 Å². The molecule has 0 unspecified atom stereocenters. The van der Waals surface area contributed by atoms with E-state index in [-0.39, 0.29) is 30.4 Å². The number of pyridine rings is 1. The van der Waals surface area contributed by atoms with Crippen molar-refractivity contribution < 1.29 is 18.7 Å².